The van der Waals surface area contributed by atoms with E-state index in [2.05, 4.69) is 6.92 Å². The van der Waals surface area contributed by atoms with Crippen molar-refractivity contribution in [2.75, 3.05) is 0 Å². The van der Waals surface area contributed by atoms with E-state index in [9.17, 15) is 19.7 Å². The van der Waals surface area contributed by atoms with Crippen molar-refractivity contribution in [1.82, 2.24) is 0 Å². The molecule has 6 nitrogen and oxygen atoms in total. The number of benzene rings is 1. The highest BCUT2D eigenvalue weighted by molar-refractivity contribution is 5.70. The third-order valence-electron chi connectivity index (χ3n) is 3.94. The van der Waals surface area contributed by atoms with Gasteiger partial charge >= 0.3 is 5.97 Å². The Bertz CT molecular complexity index is 558. The van der Waals surface area contributed by atoms with Crippen LogP contribution in [0.1, 0.15) is 63.9 Å². The number of hydrogen-bond acceptors (Lipinski definition) is 5. The van der Waals surface area contributed by atoms with Gasteiger partial charge in [0, 0.05) is 24.5 Å². The van der Waals surface area contributed by atoms with Crippen LogP contribution in [0.4, 0.5) is 5.69 Å². The number of esters is 1. The summed E-state index contributed by atoms with van der Waals surface area (Å²) in [6.45, 7) is 3.73. The Morgan fingerprint density at radius 1 is 1.33 bits per heavy atom. The summed E-state index contributed by atoms with van der Waals surface area (Å²) in [5, 5.41) is 11.2. The zero-order chi connectivity index (χ0) is 17.9. The minimum Gasteiger partial charge on any atom is -0.462 e. The molecule has 0 aromatic heterocycles. The topological polar surface area (TPSA) is 86.5 Å². The molecule has 0 aliphatic heterocycles. The molecular weight excluding hydrogens is 310 g/mol. The molecule has 24 heavy (non-hydrogen) atoms. The molecule has 6 heteroatoms. The Morgan fingerprint density at radius 3 is 2.67 bits per heavy atom. The predicted octanol–water partition coefficient (Wildman–Crippen LogP) is 4.17. The average molecular weight is 335 g/mol. The lowest BCUT2D eigenvalue weighted by molar-refractivity contribution is -0.385. The van der Waals surface area contributed by atoms with Gasteiger partial charge in [0.25, 0.3) is 5.69 Å². The molecule has 1 aromatic rings. The third kappa shape index (κ3) is 6.48. The molecule has 132 valence electrons. The summed E-state index contributed by atoms with van der Waals surface area (Å²) in [6.07, 6.45) is 3.85. The molecule has 0 saturated heterocycles. The van der Waals surface area contributed by atoms with E-state index in [0.717, 1.165) is 25.5 Å². The lowest BCUT2D eigenvalue weighted by Crippen LogP contribution is -2.16. The first-order chi connectivity index (χ1) is 11.5. The molecule has 0 radical (unpaired) electrons. The van der Waals surface area contributed by atoms with Gasteiger partial charge in [-0.15, -0.1) is 0 Å². The van der Waals surface area contributed by atoms with Crippen LogP contribution >= 0.6 is 0 Å². The van der Waals surface area contributed by atoms with Gasteiger partial charge in [0.05, 0.1) is 4.92 Å². The van der Waals surface area contributed by atoms with Crippen molar-refractivity contribution >= 4 is 17.9 Å². The minimum absolute atomic E-state index is 0.0551. The number of carbonyl (C=O) groups is 2. The van der Waals surface area contributed by atoms with Crippen LogP contribution in [0.15, 0.2) is 24.3 Å². The smallest absolute Gasteiger partial charge is 0.306 e. The summed E-state index contributed by atoms with van der Waals surface area (Å²) in [7, 11) is 0. The highest BCUT2D eigenvalue weighted by atomic mass is 16.6. The molecule has 0 fully saturated rings. The van der Waals surface area contributed by atoms with E-state index in [1.165, 1.54) is 6.07 Å². The second kappa shape index (κ2) is 10.5. The fourth-order valence-corrected chi connectivity index (χ4v) is 2.66. The zero-order valence-corrected chi connectivity index (χ0v) is 14.3. The van der Waals surface area contributed by atoms with E-state index in [4.69, 9.17) is 4.74 Å². The minimum atomic E-state index is -0.435. The van der Waals surface area contributed by atoms with Crippen molar-refractivity contribution in [3.63, 3.8) is 0 Å². The number of para-hydroxylation sites is 1. The van der Waals surface area contributed by atoms with Crippen molar-refractivity contribution < 1.29 is 19.2 Å². The van der Waals surface area contributed by atoms with Crippen molar-refractivity contribution in [2.24, 2.45) is 0 Å². The average Bonchev–Trinajstić information content (AvgIpc) is 2.55. The van der Waals surface area contributed by atoms with E-state index in [0.29, 0.717) is 12.0 Å². The molecule has 0 N–H and O–H groups in total. The van der Waals surface area contributed by atoms with Crippen LogP contribution in [0.2, 0.25) is 0 Å². The van der Waals surface area contributed by atoms with Gasteiger partial charge in [-0.1, -0.05) is 38.0 Å². The fraction of sp³-hybridized carbons (Fsp3) is 0.556. The maximum atomic E-state index is 11.9. The standard InChI is InChI=1S/C18H25NO5/c1-3-4-7-15(10-11-18(21)24-14(2)12-13-20)16-8-5-6-9-17(16)19(22)23/h5-6,8-9,13-15H,3-4,7,10-12H2,1-2H3. The van der Waals surface area contributed by atoms with Crippen LogP contribution in [0.25, 0.3) is 0 Å². The molecule has 0 bridgehead atoms. The van der Waals surface area contributed by atoms with E-state index < -0.39 is 6.10 Å². The Morgan fingerprint density at radius 2 is 2.04 bits per heavy atom. The SMILES string of the molecule is CCCCC(CCC(=O)OC(C)CC=O)c1ccccc1[N+](=O)[O-]. The highest BCUT2D eigenvalue weighted by Gasteiger charge is 2.22. The van der Waals surface area contributed by atoms with E-state index in [1.807, 2.05) is 0 Å². The van der Waals surface area contributed by atoms with Crippen molar-refractivity contribution in [2.45, 2.75) is 64.4 Å². The van der Waals surface area contributed by atoms with Gasteiger partial charge in [-0.25, -0.2) is 0 Å². The van der Waals surface area contributed by atoms with Gasteiger partial charge in [0.15, 0.2) is 0 Å². The number of nitro benzene ring substituents is 1. The first-order valence-corrected chi connectivity index (χ1v) is 8.36. The third-order valence-corrected chi connectivity index (χ3v) is 3.94. The summed E-state index contributed by atoms with van der Waals surface area (Å²) in [6, 6.07) is 6.69. The summed E-state index contributed by atoms with van der Waals surface area (Å²) in [4.78, 5) is 33.2. The summed E-state index contributed by atoms with van der Waals surface area (Å²) in [5.41, 5.74) is 0.769. The van der Waals surface area contributed by atoms with E-state index in [1.54, 1.807) is 25.1 Å². The van der Waals surface area contributed by atoms with Crippen molar-refractivity contribution in [3.05, 3.63) is 39.9 Å². The normalized spacial score (nSPS) is 13.1. The monoisotopic (exact) mass is 335 g/mol. The fourth-order valence-electron chi connectivity index (χ4n) is 2.66. The lowest BCUT2D eigenvalue weighted by Gasteiger charge is -2.17. The number of hydrogen-bond donors (Lipinski definition) is 0. The molecule has 0 aliphatic carbocycles. The van der Waals surface area contributed by atoms with E-state index in [-0.39, 0.29) is 35.3 Å². The molecule has 0 amide bonds. The predicted molar refractivity (Wildman–Crippen MR) is 90.8 cm³/mol. The highest BCUT2D eigenvalue weighted by Crippen LogP contribution is 2.33. The molecule has 1 rings (SSSR count). The molecule has 1 aromatic carbocycles. The molecule has 0 saturated carbocycles. The second-order valence-corrected chi connectivity index (χ2v) is 5.90. The summed E-state index contributed by atoms with van der Waals surface area (Å²) in [5.74, 6) is -0.426. The number of unbranched alkanes of at least 4 members (excludes halogenated alkanes) is 1. The van der Waals surface area contributed by atoms with Gasteiger partial charge in [-0.05, 0) is 25.7 Å². The van der Waals surface area contributed by atoms with Crippen LogP contribution < -0.4 is 0 Å². The second-order valence-electron chi connectivity index (χ2n) is 5.90. The van der Waals surface area contributed by atoms with Gasteiger partial charge in [-0.3, -0.25) is 14.9 Å². The maximum Gasteiger partial charge on any atom is 0.306 e. The molecule has 0 heterocycles. The number of carbonyl (C=O) groups excluding carboxylic acids is 2. The van der Waals surface area contributed by atoms with Crippen molar-refractivity contribution in [3.8, 4) is 0 Å². The molecule has 2 unspecified atom stereocenters. The zero-order valence-electron chi connectivity index (χ0n) is 14.3. The van der Waals surface area contributed by atoms with Crippen LogP contribution in [-0.4, -0.2) is 23.3 Å². The molecular formula is C18H25NO5. The van der Waals surface area contributed by atoms with Crippen LogP contribution in [0, 0.1) is 10.1 Å². The van der Waals surface area contributed by atoms with Crippen LogP contribution in [-0.2, 0) is 14.3 Å². The van der Waals surface area contributed by atoms with Gasteiger partial charge in [0.2, 0.25) is 0 Å². The number of nitro groups is 1. The Balaban J connectivity index is 2.78. The van der Waals surface area contributed by atoms with E-state index >= 15 is 0 Å². The lowest BCUT2D eigenvalue weighted by atomic mass is 9.88. The number of aldehydes is 1. The first-order valence-electron chi connectivity index (χ1n) is 8.36. The molecule has 0 aliphatic rings. The van der Waals surface area contributed by atoms with Crippen LogP contribution in [0.3, 0.4) is 0 Å². The van der Waals surface area contributed by atoms with Crippen LogP contribution in [0.5, 0.6) is 0 Å². The molecule has 0 spiro atoms. The van der Waals surface area contributed by atoms with Crippen molar-refractivity contribution in [1.29, 1.82) is 0 Å². The number of ether oxygens (including phenoxy) is 1. The Kier molecular flexibility index (Phi) is 8.68. The first kappa shape index (κ1) is 19.8. The number of rotatable bonds is 11. The summed E-state index contributed by atoms with van der Waals surface area (Å²) >= 11 is 0. The molecule has 2 atom stereocenters. The largest absolute Gasteiger partial charge is 0.462 e. The maximum absolute atomic E-state index is 11.9. The Labute approximate surface area is 142 Å². The Hall–Kier alpha value is -2.24. The van der Waals surface area contributed by atoms with Gasteiger partial charge in [0.1, 0.15) is 12.4 Å². The van der Waals surface area contributed by atoms with Gasteiger partial charge < -0.3 is 9.53 Å². The quantitative estimate of drug-likeness (QED) is 0.262. The summed E-state index contributed by atoms with van der Waals surface area (Å²) < 4.78 is 5.16. The van der Waals surface area contributed by atoms with Gasteiger partial charge in [-0.2, -0.15) is 0 Å². The number of nitrogens with zero attached hydrogens (tertiary/aromatic N) is 1.